The Morgan fingerprint density at radius 1 is 1.52 bits per heavy atom. The molecule has 1 fully saturated rings. The van der Waals surface area contributed by atoms with Gasteiger partial charge in [-0.3, -0.25) is 10.1 Å². The summed E-state index contributed by atoms with van der Waals surface area (Å²) in [5.41, 5.74) is -2.69. The first-order valence-corrected chi connectivity index (χ1v) is 6.29. The predicted molar refractivity (Wildman–Crippen MR) is 68.1 cm³/mol. The molecule has 1 aliphatic heterocycles. The van der Waals surface area contributed by atoms with Crippen molar-refractivity contribution in [3.05, 3.63) is 27.9 Å². The number of rotatable bonds is 2. The van der Waals surface area contributed by atoms with E-state index >= 15 is 0 Å². The molecule has 1 aliphatic rings. The first-order chi connectivity index (χ1) is 9.64. The average molecular weight is 305 g/mol. The molecule has 0 amide bonds. The fourth-order valence-electron chi connectivity index (χ4n) is 2.37. The number of aromatic nitrogens is 1. The molecule has 0 aliphatic carbocycles. The largest absolute Gasteiger partial charge is 0.418 e. The first-order valence-electron chi connectivity index (χ1n) is 6.29. The number of piperidine rings is 1. The van der Waals surface area contributed by atoms with E-state index < -0.39 is 29.7 Å². The zero-order valence-electron chi connectivity index (χ0n) is 11.2. The molecule has 0 radical (unpaired) electrons. The maximum atomic E-state index is 12.9. The van der Waals surface area contributed by atoms with Crippen molar-refractivity contribution >= 4 is 11.5 Å². The monoisotopic (exact) mass is 305 g/mol. The van der Waals surface area contributed by atoms with E-state index in [1.807, 2.05) is 0 Å². The molecule has 2 heterocycles. The van der Waals surface area contributed by atoms with Crippen molar-refractivity contribution in [2.24, 2.45) is 0 Å². The summed E-state index contributed by atoms with van der Waals surface area (Å²) >= 11 is 0. The Balaban J connectivity index is 2.37. The van der Waals surface area contributed by atoms with Crippen molar-refractivity contribution in [1.29, 1.82) is 0 Å². The molecule has 1 N–H and O–H groups in total. The zero-order chi connectivity index (χ0) is 15.8. The Morgan fingerprint density at radius 2 is 2.19 bits per heavy atom. The van der Waals surface area contributed by atoms with Crippen LogP contribution in [-0.2, 0) is 0 Å². The Hall–Kier alpha value is -1.90. The Kier molecular flexibility index (Phi) is 3.79. The van der Waals surface area contributed by atoms with Crippen LogP contribution in [0.1, 0.15) is 18.4 Å². The molecular formula is C12H14F3N3O3. The minimum Gasteiger partial charge on any atom is -0.379 e. The number of β-amino-alcohol motifs (C(OH)–C–C–N with tert-alkyl or cyclic N) is 1. The van der Waals surface area contributed by atoms with Gasteiger partial charge in [-0.15, -0.1) is 0 Å². The molecule has 0 spiro atoms. The van der Waals surface area contributed by atoms with Crippen molar-refractivity contribution in [3.63, 3.8) is 0 Å². The van der Waals surface area contributed by atoms with Crippen LogP contribution in [0.4, 0.5) is 24.7 Å². The lowest BCUT2D eigenvalue weighted by Gasteiger charge is -2.40. The summed E-state index contributed by atoms with van der Waals surface area (Å²) < 4.78 is 38.7. The van der Waals surface area contributed by atoms with E-state index in [9.17, 15) is 28.4 Å². The van der Waals surface area contributed by atoms with Crippen LogP contribution in [0.2, 0.25) is 0 Å². The standard InChI is InChI=1S/C12H14F3N3O3/c1-8-5-9(18(20)21)10(16-6-8)17-4-2-3-11(19,7-17)12(13,14)15/h5-6,19H,2-4,7H2,1H3/t11-/m0/s1. The van der Waals surface area contributed by atoms with Gasteiger partial charge in [-0.05, 0) is 25.3 Å². The molecule has 116 valence electrons. The third-order valence-corrected chi connectivity index (χ3v) is 3.48. The van der Waals surface area contributed by atoms with E-state index in [1.165, 1.54) is 12.3 Å². The molecule has 1 atom stereocenters. The Bertz CT molecular complexity index is 564. The maximum Gasteiger partial charge on any atom is 0.418 e. The topological polar surface area (TPSA) is 79.5 Å². The summed E-state index contributed by atoms with van der Waals surface area (Å²) in [5, 5.41) is 20.8. The average Bonchev–Trinajstić information content (AvgIpc) is 2.37. The molecule has 1 aromatic rings. The van der Waals surface area contributed by atoms with Gasteiger partial charge in [-0.25, -0.2) is 4.98 Å². The van der Waals surface area contributed by atoms with Gasteiger partial charge in [0, 0.05) is 18.8 Å². The summed E-state index contributed by atoms with van der Waals surface area (Å²) in [6.07, 6.45) is -3.79. The summed E-state index contributed by atoms with van der Waals surface area (Å²) in [5.74, 6) is -0.145. The second-order valence-electron chi connectivity index (χ2n) is 5.17. The summed E-state index contributed by atoms with van der Waals surface area (Å²) in [6.45, 7) is 1.02. The highest BCUT2D eigenvalue weighted by molar-refractivity contribution is 5.59. The fraction of sp³-hybridized carbons (Fsp3) is 0.583. The molecule has 1 saturated heterocycles. The Labute approximate surface area is 118 Å². The number of aliphatic hydroxyl groups is 1. The number of alkyl halides is 3. The molecule has 9 heteroatoms. The van der Waals surface area contributed by atoms with Gasteiger partial charge in [0.05, 0.1) is 11.5 Å². The SMILES string of the molecule is Cc1cnc(N2CCC[C@@](O)(C(F)(F)F)C2)c([N+](=O)[O-])c1. The van der Waals surface area contributed by atoms with Gasteiger partial charge in [0.1, 0.15) is 0 Å². The zero-order valence-corrected chi connectivity index (χ0v) is 11.2. The quantitative estimate of drug-likeness (QED) is 0.669. The number of hydrogen-bond acceptors (Lipinski definition) is 5. The molecule has 21 heavy (non-hydrogen) atoms. The number of anilines is 1. The number of nitrogens with zero attached hydrogens (tertiary/aromatic N) is 3. The van der Waals surface area contributed by atoms with Crippen LogP contribution in [0.3, 0.4) is 0 Å². The van der Waals surface area contributed by atoms with Crippen LogP contribution in [0.25, 0.3) is 0 Å². The van der Waals surface area contributed by atoms with Gasteiger partial charge in [-0.2, -0.15) is 13.2 Å². The van der Waals surface area contributed by atoms with Gasteiger partial charge in [0.15, 0.2) is 5.60 Å². The van der Waals surface area contributed by atoms with E-state index in [0.717, 1.165) is 4.90 Å². The highest BCUT2D eigenvalue weighted by Crippen LogP contribution is 2.39. The lowest BCUT2D eigenvalue weighted by molar-refractivity contribution is -0.384. The van der Waals surface area contributed by atoms with Crippen LogP contribution in [0.15, 0.2) is 12.3 Å². The third kappa shape index (κ3) is 2.92. The minimum absolute atomic E-state index is 0.0721. The molecule has 6 nitrogen and oxygen atoms in total. The fourth-order valence-corrected chi connectivity index (χ4v) is 2.37. The van der Waals surface area contributed by atoms with Crippen molar-refractivity contribution in [3.8, 4) is 0 Å². The molecule has 0 saturated carbocycles. The molecule has 1 aromatic heterocycles. The minimum atomic E-state index is -4.79. The van der Waals surface area contributed by atoms with Gasteiger partial charge >= 0.3 is 11.9 Å². The van der Waals surface area contributed by atoms with Crippen molar-refractivity contribution < 1.29 is 23.2 Å². The molecule has 2 rings (SSSR count). The number of aryl methyl sites for hydroxylation is 1. The smallest absolute Gasteiger partial charge is 0.379 e. The van der Waals surface area contributed by atoms with E-state index in [2.05, 4.69) is 4.98 Å². The Morgan fingerprint density at radius 3 is 2.76 bits per heavy atom. The van der Waals surface area contributed by atoms with Crippen LogP contribution in [0, 0.1) is 17.0 Å². The number of halogens is 3. The number of pyridine rings is 1. The highest BCUT2D eigenvalue weighted by atomic mass is 19.4. The van der Waals surface area contributed by atoms with Gasteiger partial charge in [0.25, 0.3) is 0 Å². The highest BCUT2D eigenvalue weighted by Gasteiger charge is 2.55. The maximum absolute atomic E-state index is 12.9. The van der Waals surface area contributed by atoms with Gasteiger partial charge < -0.3 is 10.0 Å². The van der Waals surface area contributed by atoms with Crippen molar-refractivity contribution in [2.45, 2.75) is 31.5 Å². The van der Waals surface area contributed by atoms with Crippen LogP contribution in [-0.4, -0.2) is 39.9 Å². The number of nitro groups is 1. The lowest BCUT2D eigenvalue weighted by atomic mass is 9.92. The lowest BCUT2D eigenvalue weighted by Crippen LogP contribution is -2.57. The second-order valence-corrected chi connectivity index (χ2v) is 5.17. The van der Waals surface area contributed by atoms with E-state index in [0.29, 0.717) is 5.56 Å². The third-order valence-electron chi connectivity index (χ3n) is 3.48. The van der Waals surface area contributed by atoms with Crippen LogP contribution in [0.5, 0.6) is 0 Å². The normalized spacial score (nSPS) is 23.2. The van der Waals surface area contributed by atoms with E-state index in [-0.39, 0.29) is 24.5 Å². The van der Waals surface area contributed by atoms with Crippen LogP contribution < -0.4 is 4.90 Å². The summed E-state index contributed by atoms with van der Waals surface area (Å²) in [6, 6.07) is 1.25. The number of hydrogen-bond donors (Lipinski definition) is 1. The molecule has 0 bridgehead atoms. The van der Waals surface area contributed by atoms with Gasteiger partial charge in [0.2, 0.25) is 5.82 Å². The van der Waals surface area contributed by atoms with E-state index in [4.69, 9.17) is 0 Å². The predicted octanol–water partition coefficient (Wildman–Crippen LogP) is 2.19. The van der Waals surface area contributed by atoms with Gasteiger partial charge in [-0.1, -0.05) is 0 Å². The summed E-state index contributed by atoms with van der Waals surface area (Å²) in [7, 11) is 0. The van der Waals surface area contributed by atoms with Crippen molar-refractivity contribution in [1.82, 2.24) is 4.98 Å². The van der Waals surface area contributed by atoms with Crippen molar-refractivity contribution in [2.75, 3.05) is 18.0 Å². The molecule has 0 aromatic carbocycles. The van der Waals surface area contributed by atoms with Crippen LogP contribution >= 0.6 is 0 Å². The summed E-state index contributed by atoms with van der Waals surface area (Å²) in [4.78, 5) is 15.3. The van der Waals surface area contributed by atoms with E-state index in [1.54, 1.807) is 6.92 Å². The first kappa shape index (κ1) is 15.5. The molecule has 0 unspecified atom stereocenters. The second kappa shape index (κ2) is 5.14. The molecular weight excluding hydrogens is 291 g/mol.